The number of nitrogen functional groups attached to an aromatic ring is 1. The Morgan fingerprint density at radius 2 is 1.55 bits per heavy atom. The lowest BCUT2D eigenvalue weighted by Crippen LogP contribution is -2.45. The molecule has 0 bridgehead atoms. The summed E-state index contributed by atoms with van der Waals surface area (Å²) in [5.41, 5.74) is 12.6. The molecule has 0 heterocycles. The number of halogens is 3. The van der Waals surface area contributed by atoms with Crippen LogP contribution in [0, 0.1) is 5.41 Å². The average Bonchev–Trinajstić information content (AvgIpc) is 3.00. The number of hydrazine groups is 1. The zero-order valence-corrected chi connectivity index (χ0v) is 23.7. The van der Waals surface area contributed by atoms with Crippen LogP contribution >= 0.6 is 0 Å². The molecule has 3 rings (SSSR count). The van der Waals surface area contributed by atoms with Gasteiger partial charge in [-0.15, -0.1) is 0 Å². The number of benzene rings is 3. The van der Waals surface area contributed by atoms with Gasteiger partial charge in [0.05, 0.1) is 13.2 Å². The van der Waals surface area contributed by atoms with Crippen molar-refractivity contribution in [2.75, 3.05) is 32.2 Å². The Morgan fingerprint density at radius 3 is 2.09 bits per heavy atom. The molecule has 0 aliphatic carbocycles. The van der Waals surface area contributed by atoms with Crippen molar-refractivity contribution >= 4 is 29.3 Å². The van der Waals surface area contributed by atoms with Crippen LogP contribution in [0.2, 0.25) is 0 Å². The van der Waals surface area contributed by atoms with Gasteiger partial charge in [-0.25, -0.2) is 4.79 Å². The fourth-order valence-corrected chi connectivity index (χ4v) is 3.39. The molecule has 3 aromatic carbocycles. The molecular weight excluding hydrogens is 587 g/mol. The minimum Gasteiger partial charge on any atom is -0.490 e. The number of carbonyl (C=O) groups excluding carboxylic acids is 2. The van der Waals surface area contributed by atoms with Crippen molar-refractivity contribution in [3.8, 4) is 11.5 Å². The number of hydrogen-bond acceptors (Lipinski definition) is 8. The SMILES string of the molecule is CCOc1cc(C(Nc2ccc(C(=N)N)cc2)C(=O)NNC(=O)c2ccccc2)ccc1OCCOC.O=C(O)C(F)(F)F. The molecule has 44 heavy (non-hydrogen) atoms. The highest BCUT2D eigenvalue weighted by Gasteiger charge is 2.38. The number of carboxylic acid groups (broad SMARTS) is 1. The monoisotopic (exact) mass is 619 g/mol. The van der Waals surface area contributed by atoms with Crippen LogP contribution in [0.1, 0.15) is 34.5 Å². The minimum atomic E-state index is -5.08. The van der Waals surface area contributed by atoms with Gasteiger partial charge in [-0.1, -0.05) is 24.3 Å². The summed E-state index contributed by atoms with van der Waals surface area (Å²) in [7, 11) is 1.59. The lowest BCUT2D eigenvalue weighted by molar-refractivity contribution is -0.192. The molecule has 0 radical (unpaired) electrons. The Hall–Kier alpha value is -5.31. The predicted molar refractivity (Wildman–Crippen MR) is 155 cm³/mol. The number of nitrogens with one attached hydrogen (secondary N) is 4. The van der Waals surface area contributed by atoms with Crippen molar-refractivity contribution in [1.29, 1.82) is 5.41 Å². The second-order valence-corrected chi connectivity index (χ2v) is 8.66. The van der Waals surface area contributed by atoms with Gasteiger partial charge in [0.2, 0.25) is 0 Å². The van der Waals surface area contributed by atoms with Gasteiger partial charge in [-0.2, -0.15) is 13.2 Å². The van der Waals surface area contributed by atoms with Crippen molar-refractivity contribution in [2.24, 2.45) is 5.73 Å². The maximum absolute atomic E-state index is 13.3. The highest BCUT2D eigenvalue weighted by molar-refractivity contribution is 5.97. The van der Waals surface area contributed by atoms with E-state index in [0.717, 1.165) is 0 Å². The van der Waals surface area contributed by atoms with Crippen LogP contribution in [-0.4, -0.2) is 61.8 Å². The number of alkyl halides is 3. The van der Waals surface area contributed by atoms with Crippen molar-refractivity contribution in [3.05, 3.63) is 89.5 Å². The Balaban J connectivity index is 0.000000860. The van der Waals surface area contributed by atoms with E-state index < -0.39 is 30.0 Å². The average molecular weight is 620 g/mol. The number of carbonyl (C=O) groups is 3. The molecule has 0 aliphatic rings. The molecule has 0 aromatic heterocycles. The third kappa shape index (κ3) is 11.2. The molecule has 0 saturated heterocycles. The van der Waals surface area contributed by atoms with Gasteiger partial charge >= 0.3 is 12.1 Å². The molecular formula is C29H32F3N5O7. The second kappa shape index (κ2) is 17.0. The highest BCUT2D eigenvalue weighted by Crippen LogP contribution is 2.32. The largest absolute Gasteiger partial charge is 0.490 e. The maximum Gasteiger partial charge on any atom is 0.490 e. The third-order valence-corrected chi connectivity index (χ3v) is 5.49. The Morgan fingerprint density at radius 1 is 0.909 bits per heavy atom. The van der Waals surface area contributed by atoms with E-state index in [4.69, 9.17) is 35.3 Å². The zero-order valence-electron chi connectivity index (χ0n) is 23.7. The lowest BCUT2D eigenvalue weighted by Gasteiger charge is -2.22. The molecule has 7 N–H and O–H groups in total. The number of amidine groups is 1. The van der Waals surface area contributed by atoms with E-state index in [9.17, 15) is 22.8 Å². The van der Waals surface area contributed by atoms with Crippen LogP contribution in [0.15, 0.2) is 72.8 Å². The first-order chi connectivity index (χ1) is 20.9. The summed E-state index contributed by atoms with van der Waals surface area (Å²) in [6.07, 6.45) is -5.08. The smallest absolute Gasteiger partial charge is 0.490 e. The Kier molecular flexibility index (Phi) is 13.5. The molecule has 0 aliphatic heterocycles. The van der Waals surface area contributed by atoms with Gasteiger partial charge in [0.15, 0.2) is 11.5 Å². The first-order valence-electron chi connectivity index (χ1n) is 12.9. The van der Waals surface area contributed by atoms with E-state index in [2.05, 4.69) is 16.2 Å². The molecule has 15 heteroatoms. The first kappa shape index (κ1) is 34.9. The summed E-state index contributed by atoms with van der Waals surface area (Å²) in [6.45, 7) is 3.00. The molecule has 1 atom stereocenters. The van der Waals surface area contributed by atoms with Crippen molar-refractivity contribution < 1.29 is 46.9 Å². The van der Waals surface area contributed by atoms with Gasteiger partial charge in [0.1, 0.15) is 18.5 Å². The van der Waals surface area contributed by atoms with Crippen molar-refractivity contribution in [2.45, 2.75) is 19.1 Å². The number of anilines is 1. The van der Waals surface area contributed by atoms with Gasteiger partial charge < -0.3 is 30.4 Å². The topological polar surface area (TPSA) is 185 Å². The molecule has 3 aromatic rings. The van der Waals surface area contributed by atoms with Crippen molar-refractivity contribution in [1.82, 2.24) is 10.9 Å². The van der Waals surface area contributed by atoms with Crippen molar-refractivity contribution in [3.63, 3.8) is 0 Å². The third-order valence-electron chi connectivity index (χ3n) is 5.49. The molecule has 0 fully saturated rings. The molecule has 236 valence electrons. The number of amides is 2. The molecule has 0 spiro atoms. The number of hydrogen-bond donors (Lipinski definition) is 6. The lowest BCUT2D eigenvalue weighted by atomic mass is 10.0. The summed E-state index contributed by atoms with van der Waals surface area (Å²) in [4.78, 5) is 34.6. The Labute approximate surface area is 250 Å². The number of rotatable bonds is 12. The number of methoxy groups -OCH3 is 1. The molecule has 0 saturated carbocycles. The molecule has 1 unspecified atom stereocenters. The minimum absolute atomic E-state index is 0.0603. The zero-order chi connectivity index (χ0) is 32.7. The van der Waals surface area contributed by atoms with E-state index in [1.54, 1.807) is 79.9 Å². The standard InChI is InChI=1S/C27H31N5O5.C2HF3O2/c1-3-36-23-17-20(11-14-22(23)37-16-15-35-2)24(30-21-12-9-18(10-13-21)25(28)29)27(34)32-31-26(33)19-7-5-4-6-8-19;3-2(4,5)1(6)7/h4-14,17,24,30H,3,15-16H2,1-2H3,(H3,28,29)(H,31,33)(H,32,34);(H,6,7). The Bertz CT molecular complexity index is 1400. The van der Waals surface area contributed by atoms with E-state index >= 15 is 0 Å². The molecule has 2 amide bonds. The van der Waals surface area contributed by atoms with Crippen LogP contribution in [0.3, 0.4) is 0 Å². The number of carboxylic acids is 1. The van der Waals surface area contributed by atoms with Crippen LogP contribution < -0.4 is 31.4 Å². The van der Waals surface area contributed by atoms with Crippen LogP contribution in [0.25, 0.3) is 0 Å². The van der Waals surface area contributed by atoms with Gasteiger partial charge in [0, 0.05) is 23.9 Å². The summed E-state index contributed by atoms with van der Waals surface area (Å²) in [6, 6.07) is 19.6. The summed E-state index contributed by atoms with van der Waals surface area (Å²) >= 11 is 0. The van der Waals surface area contributed by atoms with Gasteiger partial charge in [-0.3, -0.25) is 25.8 Å². The normalized spacial score (nSPS) is 11.2. The van der Waals surface area contributed by atoms with Crippen LogP contribution in [0.5, 0.6) is 11.5 Å². The predicted octanol–water partition coefficient (Wildman–Crippen LogP) is 3.64. The van der Waals surface area contributed by atoms with Crippen LogP contribution in [0.4, 0.5) is 18.9 Å². The maximum atomic E-state index is 13.3. The number of aliphatic carboxylic acids is 1. The summed E-state index contributed by atoms with van der Waals surface area (Å²) in [5, 5.41) is 17.9. The van der Waals surface area contributed by atoms with E-state index in [1.807, 2.05) is 6.92 Å². The number of ether oxygens (including phenoxy) is 3. The summed E-state index contributed by atoms with van der Waals surface area (Å²) < 4.78 is 48.3. The van der Waals surface area contributed by atoms with Crippen LogP contribution in [-0.2, 0) is 14.3 Å². The number of nitrogens with two attached hydrogens (primary N) is 1. The fraction of sp³-hybridized carbons (Fsp3) is 0.241. The summed E-state index contributed by atoms with van der Waals surface area (Å²) in [5.74, 6) is -2.78. The van der Waals surface area contributed by atoms with Gasteiger partial charge in [0.25, 0.3) is 11.8 Å². The van der Waals surface area contributed by atoms with E-state index in [0.29, 0.717) is 53.7 Å². The second-order valence-electron chi connectivity index (χ2n) is 8.66. The highest BCUT2D eigenvalue weighted by atomic mass is 19.4. The molecule has 12 nitrogen and oxygen atoms in total. The fourth-order valence-electron chi connectivity index (χ4n) is 3.39. The quantitative estimate of drug-likeness (QED) is 0.0762. The van der Waals surface area contributed by atoms with E-state index in [1.165, 1.54) is 0 Å². The van der Waals surface area contributed by atoms with E-state index in [-0.39, 0.29) is 5.84 Å². The first-order valence-corrected chi connectivity index (χ1v) is 12.9. The van der Waals surface area contributed by atoms with Gasteiger partial charge in [-0.05, 0) is 61.0 Å².